The van der Waals surface area contributed by atoms with E-state index in [2.05, 4.69) is 6.92 Å². The highest BCUT2D eigenvalue weighted by Gasteiger charge is 2.37. The maximum Gasteiger partial charge on any atom is 0.414 e. The lowest BCUT2D eigenvalue weighted by molar-refractivity contribution is -0.205. The molecule has 0 fully saturated rings. The third kappa shape index (κ3) is 12.5. The molecule has 0 saturated carbocycles. The monoisotopic (exact) mass is 282 g/mol. The minimum Gasteiger partial charge on any atom is -0.384 e. The van der Waals surface area contributed by atoms with Crippen molar-refractivity contribution >= 4 is 0 Å². The normalized spacial score (nSPS) is 13.7. The summed E-state index contributed by atoms with van der Waals surface area (Å²) in [7, 11) is 0. The SMILES string of the molecule is CCCCCCCCCCCCC[C@H](O)C(F)(F)F. The van der Waals surface area contributed by atoms with Gasteiger partial charge in [-0.15, -0.1) is 0 Å². The number of aliphatic hydroxyl groups excluding tert-OH is 1. The van der Waals surface area contributed by atoms with Crippen LogP contribution in [0.15, 0.2) is 0 Å². The average Bonchev–Trinajstić information content (AvgIpc) is 2.34. The Labute approximate surface area is 115 Å². The van der Waals surface area contributed by atoms with Crippen LogP contribution in [0.3, 0.4) is 0 Å². The van der Waals surface area contributed by atoms with E-state index < -0.39 is 12.3 Å². The largest absolute Gasteiger partial charge is 0.414 e. The predicted molar refractivity (Wildman–Crippen MR) is 73.1 cm³/mol. The van der Waals surface area contributed by atoms with Crippen molar-refractivity contribution in [2.45, 2.75) is 96.3 Å². The molecule has 0 unspecified atom stereocenters. The van der Waals surface area contributed by atoms with Crippen molar-refractivity contribution in [1.82, 2.24) is 0 Å². The highest BCUT2D eigenvalue weighted by molar-refractivity contribution is 4.64. The van der Waals surface area contributed by atoms with Gasteiger partial charge in [0.05, 0.1) is 0 Å². The molecule has 1 atom stereocenters. The lowest BCUT2D eigenvalue weighted by atomic mass is 10.0. The Kier molecular flexibility index (Phi) is 11.4. The fourth-order valence-corrected chi connectivity index (χ4v) is 2.17. The summed E-state index contributed by atoms with van der Waals surface area (Å²) in [6, 6.07) is 0. The lowest BCUT2D eigenvalue weighted by Crippen LogP contribution is -2.28. The van der Waals surface area contributed by atoms with Gasteiger partial charge in [-0.25, -0.2) is 0 Å². The van der Waals surface area contributed by atoms with Crippen LogP contribution in [0.25, 0.3) is 0 Å². The fraction of sp³-hybridized carbons (Fsp3) is 1.00. The molecule has 0 aromatic rings. The molecule has 1 nitrogen and oxygen atoms in total. The van der Waals surface area contributed by atoms with E-state index in [1.54, 1.807) is 0 Å². The molecule has 0 aliphatic heterocycles. The van der Waals surface area contributed by atoms with Gasteiger partial charge < -0.3 is 5.11 Å². The quantitative estimate of drug-likeness (QED) is 0.461. The van der Waals surface area contributed by atoms with E-state index in [1.165, 1.54) is 44.9 Å². The van der Waals surface area contributed by atoms with Crippen LogP contribution >= 0.6 is 0 Å². The standard InChI is InChI=1S/C15H29F3O/c1-2-3-4-5-6-7-8-9-10-11-12-13-14(19)15(16,17)18/h14,19H,2-13H2,1H3/t14-/m0/s1. The van der Waals surface area contributed by atoms with Crippen molar-refractivity contribution in [3.05, 3.63) is 0 Å². The van der Waals surface area contributed by atoms with Crippen LogP contribution in [0.4, 0.5) is 13.2 Å². The van der Waals surface area contributed by atoms with Crippen LogP contribution in [0.2, 0.25) is 0 Å². The average molecular weight is 282 g/mol. The summed E-state index contributed by atoms with van der Waals surface area (Å²) in [5.74, 6) is 0. The molecule has 0 heterocycles. The maximum absolute atomic E-state index is 12.0. The van der Waals surface area contributed by atoms with Gasteiger partial charge in [-0.3, -0.25) is 0 Å². The molecule has 0 radical (unpaired) electrons. The van der Waals surface area contributed by atoms with Crippen LogP contribution in [0.1, 0.15) is 84.0 Å². The Balaban J connectivity index is 3.15. The first-order valence-corrected chi connectivity index (χ1v) is 7.73. The third-order valence-electron chi connectivity index (χ3n) is 3.46. The second-order valence-corrected chi connectivity index (χ2v) is 5.38. The van der Waals surface area contributed by atoms with Crippen molar-refractivity contribution in [2.75, 3.05) is 0 Å². The Morgan fingerprint density at radius 3 is 1.47 bits per heavy atom. The van der Waals surface area contributed by atoms with Gasteiger partial charge in [-0.05, 0) is 6.42 Å². The van der Waals surface area contributed by atoms with Gasteiger partial charge >= 0.3 is 6.18 Å². The summed E-state index contributed by atoms with van der Waals surface area (Å²) in [5, 5.41) is 8.80. The van der Waals surface area contributed by atoms with Crippen LogP contribution in [0.5, 0.6) is 0 Å². The summed E-state index contributed by atoms with van der Waals surface area (Å²) < 4.78 is 36.0. The molecule has 0 bridgehead atoms. The maximum atomic E-state index is 12.0. The minimum absolute atomic E-state index is 0.152. The number of aliphatic hydroxyl groups is 1. The summed E-state index contributed by atoms with van der Waals surface area (Å²) in [4.78, 5) is 0. The first kappa shape index (κ1) is 18.8. The molecular weight excluding hydrogens is 253 g/mol. The van der Waals surface area contributed by atoms with E-state index in [1.807, 2.05) is 0 Å². The van der Waals surface area contributed by atoms with Gasteiger partial charge in [0.1, 0.15) is 6.10 Å². The fourth-order valence-electron chi connectivity index (χ4n) is 2.17. The van der Waals surface area contributed by atoms with Crippen molar-refractivity contribution in [3.63, 3.8) is 0 Å². The molecule has 1 N–H and O–H groups in total. The zero-order valence-corrected chi connectivity index (χ0v) is 12.1. The van der Waals surface area contributed by atoms with Gasteiger partial charge in [0.25, 0.3) is 0 Å². The molecule has 0 aliphatic carbocycles. The van der Waals surface area contributed by atoms with Crippen LogP contribution < -0.4 is 0 Å². The van der Waals surface area contributed by atoms with E-state index in [9.17, 15) is 13.2 Å². The summed E-state index contributed by atoms with van der Waals surface area (Å²) >= 11 is 0. The first-order valence-electron chi connectivity index (χ1n) is 7.73. The van der Waals surface area contributed by atoms with E-state index >= 15 is 0 Å². The minimum atomic E-state index is -4.45. The van der Waals surface area contributed by atoms with Gasteiger partial charge in [0, 0.05) is 0 Å². The van der Waals surface area contributed by atoms with Crippen molar-refractivity contribution in [2.24, 2.45) is 0 Å². The molecule has 0 amide bonds. The van der Waals surface area contributed by atoms with E-state index in [4.69, 9.17) is 5.11 Å². The van der Waals surface area contributed by atoms with E-state index in [0.717, 1.165) is 19.3 Å². The van der Waals surface area contributed by atoms with Gasteiger partial charge in [0.2, 0.25) is 0 Å². The van der Waals surface area contributed by atoms with Crippen molar-refractivity contribution < 1.29 is 18.3 Å². The molecule has 4 heteroatoms. The summed E-state index contributed by atoms with van der Waals surface area (Å²) in [5.41, 5.74) is 0. The van der Waals surface area contributed by atoms with Crippen LogP contribution in [-0.4, -0.2) is 17.4 Å². The number of unbranched alkanes of at least 4 members (excludes halogenated alkanes) is 10. The highest BCUT2D eigenvalue weighted by Crippen LogP contribution is 2.24. The number of alkyl halides is 3. The number of rotatable bonds is 12. The molecule has 0 aromatic carbocycles. The molecule has 116 valence electrons. The zero-order chi connectivity index (χ0) is 14.6. The first-order chi connectivity index (χ1) is 8.98. The van der Waals surface area contributed by atoms with E-state index in [0.29, 0.717) is 6.42 Å². The predicted octanol–water partition coefficient (Wildman–Crippen LogP) is 5.61. The molecule has 19 heavy (non-hydrogen) atoms. The smallest absolute Gasteiger partial charge is 0.384 e. The molecule has 0 rings (SSSR count). The number of halogens is 3. The lowest BCUT2D eigenvalue weighted by Gasteiger charge is -2.13. The van der Waals surface area contributed by atoms with Gasteiger partial charge in [-0.1, -0.05) is 77.6 Å². The van der Waals surface area contributed by atoms with Gasteiger partial charge in [0.15, 0.2) is 0 Å². The second kappa shape index (κ2) is 11.6. The van der Waals surface area contributed by atoms with Crippen molar-refractivity contribution in [3.8, 4) is 0 Å². The molecule has 0 spiro atoms. The number of hydrogen-bond acceptors (Lipinski definition) is 1. The Bertz CT molecular complexity index is 192. The zero-order valence-electron chi connectivity index (χ0n) is 12.1. The molecule has 0 saturated heterocycles. The summed E-state index contributed by atoms with van der Waals surface area (Å²) in [6.07, 6.45) is 5.57. The Hall–Kier alpha value is -0.250. The van der Waals surface area contributed by atoms with Crippen molar-refractivity contribution in [1.29, 1.82) is 0 Å². The van der Waals surface area contributed by atoms with Crippen LogP contribution in [-0.2, 0) is 0 Å². The van der Waals surface area contributed by atoms with Gasteiger partial charge in [-0.2, -0.15) is 13.2 Å². The van der Waals surface area contributed by atoms with Crippen LogP contribution in [0, 0.1) is 0 Å². The highest BCUT2D eigenvalue weighted by atomic mass is 19.4. The molecule has 0 aliphatic rings. The summed E-state index contributed by atoms with van der Waals surface area (Å²) in [6.45, 7) is 2.20. The second-order valence-electron chi connectivity index (χ2n) is 5.38. The Morgan fingerprint density at radius 1 is 0.737 bits per heavy atom. The number of hydrogen-bond donors (Lipinski definition) is 1. The topological polar surface area (TPSA) is 20.2 Å². The Morgan fingerprint density at radius 2 is 1.11 bits per heavy atom. The molecule has 0 aromatic heterocycles. The third-order valence-corrected chi connectivity index (χ3v) is 3.46. The molecular formula is C15H29F3O. The van der Waals surface area contributed by atoms with E-state index in [-0.39, 0.29) is 6.42 Å².